The average Bonchev–Trinajstić information content (AvgIpc) is 3.48. The van der Waals surface area contributed by atoms with Crippen LogP contribution in [0.15, 0.2) is 58.9 Å². The third-order valence-electron chi connectivity index (χ3n) is 9.71. The standard InChI is InChI=1S/C31H37F2NO2/c1-4-13-31(36)14-12-26-24-10-8-20-17-22(35)9-11-23(20)28(24)25(19-30(26,31)3)29(33)27(32)18-21(5-2)34-15-6-7-16-34/h5,17-18,24-26,36H,2,6-12,14-16,19H2,1,3H3/b21-18+,29-27+/t24-,25-,26-,30-,31-/m0/s1. The van der Waals surface area contributed by atoms with Gasteiger partial charge in [-0.05, 0) is 99.5 Å². The quantitative estimate of drug-likeness (QED) is 0.360. The second kappa shape index (κ2) is 9.45. The van der Waals surface area contributed by atoms with Gasteiger partial charge in [0.2, 0.25) is 0 Å². The third-order valence-corrected chi connectivity index (χ3v) is 9.71. The fourth-order valence-electron chi connectivity index (χ4n) is 7.92. The fraction of sp³-hybridized carbons (Fsp3) is 0.581. The lowest BCUT2D eigenvalue weighted by Gasteiger charge is -2.53. The Morgan fingerprint density at radius 2 is 1.97 bits per heavy atom. The van der Waals surface area contributed by atoms with Crippen molar-refractivity contribution in [3.8, 4) is 11.8 Å². The van der Waals surface area contributed by atoms with Gasteiger partial charge < -0.3 is 10.0 Å². The van der Waals surface area contributed by atoms with Gasteiger partial charge in [-0.3, -0.25) is 4.79 Å². The van der Waals surface area contributed by atoms with E-state index in [0.717, 1.165) is 61.9 Å². The van der Waals surface area contributed by atoms with Crippen molar-refractivity contribution >= 4 is 5.78 Å². The molecule has 1 heterocycles. The average molecular weight is 494 g/mol. The molecule has 2 saturated carbocycles. The van der Waals surface area contributed by atoms with Gasteiger partial charge in [0.25, 0.3) is 0 Å². The van der Waals surface area contributed by atoms with E-state index in [-0.39, 0.29) is 17.6 Å². The number of halogens is 2. The molecule has 5 rings (SSSR count). The number of allylic oxidation sites excluding steroid dienone is 8. The topological polar surface area (TPSA) is 40.5 Å². The maximum atomic E-state index is 16.3. The van der Waals surface area contributed by atoms with Crippen molar-refractivity contribution in [3.63, 3.8) is 0 Å². The Morgan fingerprint density at radius 1 is 1.22 bits per heavy atom. The molecule has 0 bridgehead atoms. The number of aliphatic hydroxyl groups is 1. The molecule has 1 aliphatic heterocycles. The largest absolute Gasteiger partial charge is 0.377 e. The van der Waals surface area contributed by atoms with Gasteiger partial charge in [-0.25, -0.2) is 8.78 Å². The number of nitrogens with zero attached hydrogens (tertiary/aromatic N) is 1. The minimum absolute atomic E-state index is 0.0572. The molecule has 192 valence electrons. The van der Waals surface area contributed by atoms with Crippen molar-refractivity contribution in [2.75, 3.05) is 13.1 Å². The molecule has 4 aliphatic carbocycles. The van der Waals surface area contributed by atoms with Crippen molar-refractivity contribution in [2.45, 2.75) is 77.2 Å². The Bertz CT molecular complexity index is 1160. The molecule has 0 spiro atoms. The van der Waals surface area contributed by atoms with Crippen LogP contribution in [0.5, 0.6) is 0 Å². The van der Waals surface area contributed by atoms with Gasteiger partial charge in [0, 0.05) is 36.5 Å². The third kappa shape index (κ3) is 3.93. The zero-order valence-corrected chi connectivity index (χ0v) is 21.5. The van der Waals surface area contributed by atoms with E-state index in [1.807, 2.05) is 11.8 Å². The molecule has 0 aromatic carbocycles. The first-order chi connectivity index (χ1) is 17.2. The van der Waals surface area contributed by atoms with Gasteiger partial charge in [0.1, 0.15) is 11.4 Å². The molecule has 0 unspecified atom stereocenters. The highest BCUT2D eigenvalue weighted by atomic mass is 19.2. The van der Waals surface area contributed by atoms with Gasteiger partial charge in [0.05, 0.1) is 0 Å². The molecule has 1 N–H and O–H groups in total. The Hall–Kier alpha value is -2.45. The Kier molecular flexibility index (Phi) is 6.62. The van der Waals surface area contributed by atoms with Crippen LogP contribution in [0.2, 0.25) is 0 Å². The summed E-state index contributed by atoms with van der Waals surface area (Å²) in [6.07, 6.45) is 10.9. The van der Waals surface area contributed by atoms with E-state index in [1.165, 1.54) is 6.08 Å². The van der Waals surface area contributed by atoms with Crippen LogP contribution < -0.4 is 0 Å². The monoisotopic (exact) mass is 493 g/mol. The molecule has 36 heavy (non-hydrogen) atoms. The number of fused-ring (bicyclic) bond motifs is 4. The van der Waals surface area contributed by atoms with Crippen LogP contribution in [0, 0.1) is 35.0 Å². The Labute approximate surface area is 213 Å². The van der Waals surface area contributed by atoms with E-state index in [4.69, 9.17) is 0 Å². The van der Waals surface area contributed by atoms with Gasteiger partial charge >= 0.3 is 0 Å². The highest BCUT2D eigenvalue weighted by Gasteiger charge is 2.63. The van der Waals surface area contributed by atoms with Crippen LogP contribution in [-0.2, 0) is 4.79 Å². The van der Waals surface area contributed by atoms with Crippen LogP contribution in [0.25, 0.3) is 0 Å². The summed E-state index contributed by atoms with van der Waals surface area (Å²) in [6.45, 7) is 9.22. The van der Waals surface area contributed by atoms with Crippen LogP contribution >= 0.6 is 0 Å². The lowest BCUT2D eigenvalue weighted by Crippen LogP contribution is -2.51. The molecule has 0 aromatic rings. The summed E-state index contributed by atoms with van der Waals surface area (Å²) in [7, 11) is 0. The number of ketones is 1. The van der Waals surface area contributed by atoms with Crippen molar-refractivity contribution in [1.82, 2.24) is 4.90 Å². The van der Waals surface area contributed by atoms with E-state index < -0.39 is 28.6 Å². The van der Waals surface area contributed by atoms with Gasteiger partial charge in [-0.15, -0.1) is 5.92 Å². The summed E-state index contributed by atoms with van der Waals surface area (Å²) in [5.74, 6) is 3.88. The Morgan fingerprint density at radius 3 is 2.67 bits per heavy atom. The molecule has 0 radical (unpaired) electrons. The predicted molar refractivity (Wildman–Crippen MR) is 138 cm³/mol. The maximum Gasteiger partial charge on any atom is 0.157 e. The summed E-state index contributed by atoms with van der Waals surface area (Å²) in [6, 6.07) is 0. The van der Waals surface area contributed by atoms with E-state index in [1.54, 1.807) is 19.1 Å². The maximum absolute atomic E-state index is 16.3. The molecular weight excluding hydrogens is 456 g/mol. The van der Waals surface area contributed by atoms with Crippen molar-refractivity contribution in [2.24, 2.45) is 23.2 Å². The zero-order valence-electron chi connectivity index (χ0n) is 21.5. The molecule has 1 saturated heterocycles. The van der Waals surface area contributed by atoms with Crippen LogP contribution in [0.4, 0.5) is 8.78 Å². The summed E-state index contributed by atoms with van der Waals surface area (Å²) < 4.78 is 32.0. The molecule has 3 fully saturated rings. The molecule has 3 nitrogen and oxygen atoms in total. The van der Waals surface area contributed by atoms with Crippen LogP contribution in [-0.4, -0.2) is 34.5 Å². The molecular formula is C31H37F2NO2. The highest BCUT2D eigenvalue weighted by Crippen LogP contribution is 2.66. The van der Waals surface area contributed by atoms with Crippen molar-refractivity contribution in [1.29, 1.82) is 0 Å². The summed E-state index contributed by atoms with van der Waals surface area (Å²) in [5, 5.41) is 11.7. The first kappa shape index (κ1) is 25.2. The summed E-state index contributed by atoms with van der Waals surface area (Å²) >= 11 is 0. The first-order valence-electron chi connectivity index (χ1n) is 13.5. The van der Waals surface area contributed by atoms with E-state index in [2.05, 4.69) is 18.4 Å². The van der Waals surface area contributed by atoms with Crippen LogP contribution in [0.3, 0.4) is 0 Å². The number of carbonyl (C=O) groups is 1. The summed E-state index contributed by atoms with van der Waals surface area (Å²) in [4.78, 5) is 14.2. The molecule has 5 atom stereocenters. The zero-order chi connectivity index (χ0) is 25.7. The van der Waals surface area contributed by atoms with Gasteiger partial charge in [-0.2, -0.15) is 0 Å². The minimum atomic E-state index is -1.21. The van der Waals surface area contributed by atoms with Crippen molar-refractivity contribution < 1.29 is 18.7 Å². The number of likely N-dealkylation sites (tertiary alicyclic amines) is 1. The number of hydrogen-bond acceptors (Lipinski definition) is 3. The molecule has 5 heteroatoms. The predicted octanol–water partition coefficient (Wildman–Crippen LogP) is 6.49. The second-order valence-electron chi connectivity index (χ2n) is 11.4. The van der Waals surface area contributed by atoms with Crippen LogP contribution in [0.1, 0.15) is 71.6 Å². The normalized spacial score (nSPS) is 36.9. The van der Waals surface area contributed by atoms with E-state index in [0.29, 0.717) is 31.4 Å². The molecule has 0 amide bonds. The molecule has 0 aromatic heterocycles. The smallest absolute Gasteiger partial charge is 0.157 e. The number of rotatable bonds is 4. The van der Waals surface area contributed by atoms with Crippen molar-refractivity contribution in [3.05, 3.63) is 58.9 Å². The lowest BCUT2D eigenvalue weighted by molar-refractivity contribution is -0.114. The van der Waals surface area contributed by atoms with E-state index >= 15 is 8.78 Å². The SMILES string of the molecule is C=C/C(=C\C(F)=C(/F)[C@H]1C[C@@]2(C)[C@@H](CC[C@@]2(O)C#CC)[C@@H]2CCC3=CC(=O)CCC3=C21)N1CCCC1. The van der Waals surface area contributed by atoms with Gasteiger partial charge in [-0.1, -0.05) is 25.0 Å². The molecule has 5 aliphatic rings. The highest BCUT2D eigenvalue weighted by molar-refractivity contribution is 5.93. The fourth-order valence-corrected chi connectivity index (χ4v) is 7.92. The second-order valence-corrected chi connectivity index (χ2v) is 11.4. The lowest BCUT2D eigenvalue weighted by atomic mass is 9.52. The summed E-state index contributed by atoms with van der Waals surface area (Å²) in [5.41, 5.74) is 1.78. The minimum Gasteiger partial charge on any atom is -0.377 e. The van der Waals surface area contributed by atoms with E-state index in [9.17, 15) is 9.90 Å². The number of hydrogen-bond donors (Lipinski definition) is 1. The van der Waals surface area contributed by atoms with Gasteiger partial charge in [0.15, 0.2) is 11.6 Å². The Balaban J connectivity index is 1.64. The first-order valence-corrected chi connectivity index (χ1v) is 13.5. The number of carbonyl (C=O) groups excluding carboxylic acids is 1.